The number of aromatic nitrogens is 2. The highest BCUT2D eigenvalue weighted by Gasteiger charge is 2.23. The highest BCUT2D eigenvalue weighted by atomic mass is 35.5. The molecule has 0 spiro atoms. The molecule has 0 aliphatic carbocycles. The molecule has 2 heterocycles. The zero-order valence-corrected chi connectivity index (χ0v) is 15.3. The number of imidazole rings is 1. The van der Waals surface area contributed by atoms with Gasteiger partial charge in [-0.05, 0) is 42.7 Å². The van der Waals surface area contributed by atoms with E-state index in [1.807, 2.05) is 30.3 Å². The van der Waals surface area contributed by atoms with Crippen molar-refractivity contribution in [1.29, 1.82) is 0 Å². The lowest BCUT2D eigenvalue weighted by Crippen LogP contribution is -2.44. The lowest BCUT2D eigenvalue weighted by Gasteiger charge is -2.32. The Morgan fingerprint density at radius 2 is 2.00 bits per heavy atom. The van der Waals surface area contributed by atoms with Crippen LogP contribution in [0.25, 0.3) is 11.0 Å². The van der Waals surface area contributed by atoms with Gasteiger partial charge in [-0.25, -0.2) is 4.98 Å². The lowest BCUT2D eigenvalue weighted by molar-refractivity contribution is 0.495. The lowest BCUT2D eigenvalue weighted by atomic mass is 10.1. The number of rotatable bonds is 3. The maximum absolute atomic E-state index is 6.41. The van der Waals surface area contributed by atoms with Gasteiger partial charge in [0.25, 0.3) is 0 Å². The van der Waals surface area contributed by atoms with Gasteiger partial charge in [-0.15, -0.1) is 0 Å². The Hall–Kier alpha value is -1.75. The SMILES string of the molecule is N[C@@H]1CCCN(c2nc3ccccc3n2Cc2ccc(Cl)cc2Cl)C1. The van der Waals surface area contributed by atoms with Gasteiger partial charge in [0.2, 0.25) is 5.95 Å². The summed E-state index contributed by atoms with van der Waals surface area (Å²) in [5.41, 5.74) is 9.30. The molecule has 1 fully saturated rings. The summed E-state index contributed by atoms with van der Waals surface area (Å²) in [5, 5.41) is 1.32. The third-order valence-corrected chi connectivity index (χ3v) is 5.31. The van der Waals surface area contributed by atoms with Gasteiger partial charge in [-0.2, -0.15) is 0 Å². The van der Waals surface area contributed by atoms with E-state index in [1.165, 1.54) is 0 Å². The fraction of sp³-hybridized carbons (Fsp3) is 0.316. The Labute approximate surface area is 157 Å². The summed E-state index contributed by atoms with van der Waals surface area (Å²) >= 11 is 12.4. The van der Waals surface area contributed by atoms with Crippen LogP contribution in [0.5, 0.6) is 0 Å². The first kappa shape index (κ1) is 16.7. The van der Waals surface area contributed by atoms with Gasteiger partial charge in [0.1, 0.15) is 0 Å². The molecule has 130 valence electrons. The summed E-state index contributed by atoms with van der Waals surface area (Å²) in [6.07, 6.45) is 2.16. The van der Waals surface area contributed by atoms with Crippen molar-refractivity contribution in [2.45, 2.75) is 25.4 Å². The van der Waals surface area contributed by atoms with Gasteiger partial charge >= 0.3 is 0 Å². The van der Waals surface area contributed by atoms with Crippen molar-refractivity contribution >= 4 is 40.2 Å². The van der Waals surface area contributed by atoms with Crippen LogP contribution < -0.4 is 10.6 Å². The molecule has 1 aliphatic rings. The molecule has 0 unspecified atom stereocenters. The minimum absolute atomic E-state index is 0.195. The Morgan fingerprint density at radius 3 is 2.80 bits per heavy atom. The molecule has 3 aromatic rings. The second kappa shape index (κ2) is 6.87. The van der Waals surface area contributed by atoms with Gasteiger partial charge in [0.05, 0.1) is 17.6 Å². The average Bonchev–Trinajstić information content (AvgIpc) is 2.96. The van der Waals surface area contributed by atoms with Crippen LogP contribution in [0.15, 0.2) is 42.5 Å². The molecule has 1 aromatic heterocycles. The fourth-order valence-electron chi connectivity index (χ4n) is 3.47. The van der Waals surface area contributed by atoms with Crippen molar-refractivity contribution < 1.29 is 0 Å². The van der Waals surface area contributed by atoms with E-state index in [4.69, 9.17) is 33.9 Å². The molecular weight excluding hydrogens is 355 g/mol. The monoisotopic (exact) mass is 374 g/mol. The van der Waals surface area contributed by atoms with Crippen LogP contribution in [0.1, 0.15) is 18.4 Å². The summed E-state index contributed by atoms with van der Waals surface area (Å²) in [6.45, 7) is 2.46. The number of benzene rings is 2. The van der Waals surface area contributed by atoms with Crippen LogP contribution in [0.2, 0.25) is 10.0 Å². The minimum Gasteiger partial charge on any atom is -0.341 e. The highest BCUT2D eigenvalue weighted by Crippen LogP contribution is 2.28. The normalized spacial score (nSPS) is 18.0. The molecule has 25 heavy (non-hydrogen) atoms. The summed E-state index contributed by atoms with van der Waals surface area (Å²) < 4.78 is 2.22. The smallest absolute Gasteiger partial charge is 0.206 e. The summed E-state index contributed by atoms with van der Waals surface area (Å²) in [6, 6.07) is 14.0. The van der Waals surface area contributed by atoms with Crippen LogP contribution in [0.4, 0.5) is 5.95 Å². The third kappa shape index (κ3) is 3.34. The van der Waals surface area contributed by atoms with Gasteiger partial charge < -0.3 is 15.2 Å². The molecule has 0 amide bonds. The Kier molecular flexibility index (Phi) is 4.59. The van der Waals surface area contributed by atoms with Crippen molar-refractivity contribution in [3.63, 3.8) is 0 Å². The van der Waals surface area contributed by atoms with Gasteiger partial charge in [-0.3, -0.25) is 0 Å². The van der Waals surface area contributed by atoms with Gasteiger partial charge in [0, 0.05) is 29.2 Å². The predicted octanol–water partition coefficient (Wildman–Crippen LogP) is 4.32. The largest absolute Gasteiger partial charge is 0.341 e. The van der Waals surface area contributed by atoms with E-state index in [1.54, 1.807) is 6.07 Å². The second-order valence-corrected chi connectivity index (χ2v) is 7.41. The first-order valence-electron chi connectivity index (χ1n) is 8.51. The van der Waals surface area contributed by atoms with Crippen molar-refractivity contribution in [1.82, 2.24) is 9.55 Å². The number of fused-ring (bicyclic) bond motifs is 1. The zero-order valence-electron chi connectivity index (χ0n) is 13.8. The Morgan fingerprint density at radius 1 is 1.16 bits per heavy atom. The van der Waals surface area contributed by atoms with E-state index in [9.17, 15) is 0 Å². The number of halogens is 2. The summed E-state index contributed by atoms with van der Waals surface area (Å²) in [4.78, 5) is 7.17. The van der Waals surface area contributed by atoms with E-state index in [0.717, 1.165) is 48.5 Å². The van der Waals surface area contributed by atoms with E-state index in [0.29, 0.717) is 16.6 Å². The van der Waals surface area contributed by atoms with Crippen LogP contribution >= 0.6 is 23.2 Å². The van der Waals surface area contributed by atoms with Crippen molar-refractivity contribution in [3.8, 4) is 0 Å². The van der Waals surface area contributed by atoms with Crippen LogP contribution in [-0.4, -0.2) is 28.7 Å². The number of hydrogen-bond donors (Lipinski definition) is 1. The summed E-state index contributed by atoms with van der Waals surface area (Å²) in [5.74, 6) is 0.961. The molecule has 0 bridgehead atoms. The number of nitrogens with two attached hydrogens (primary N) is 1. The first-order valence-corrected chi connectivity index (χ1v) is 9.27. The molecular formula is C19H20Cl2N4. The Bertz CT molecular complexity index is 906. The first-order chi connectivity index (χ1) is 12.1. The molecule has 2 N–H and O–H groups in total. The van der Waals surface area contributed by atoms with Crippen LogP contribution in [-0.2, 0) is 6.54 Å². The quantitative estimate of drug-likeness (QED) is 0.742. The number of para-hydroxylation sites is 2. The van der Waals surface area contributed by atoms with Gasteiger partial charge in [0.15, 0.2) is 0 Å². The molecule has 1 saturated heterocycles. The van der Waals surface area contributed by atoms with E-state index < -0.39 is 0 Å². The topological polar surface area (TPSA) is 47.1 Å². The maximum Gasteiger partial charge on any atom is 0.206 e. The van der Waals surface area contributed by atoms with Crippen molar-refractivity contribution in [3.05, 3.63) is 58.1 Å². The number of anilines is 1. The maximum atomic E-state index is 6.41. The van der Waals surface area contributed by atoms with Crippen LogP contribution in [0, 0.1) is 0 Å². The molecule has 1 aliphatic heterocycles. The molecule has 6 heteroatoms. The van der Waals surface area contributed by atoms with E-state index >= 15 is 0 Å². The molecule has 4 rings (SSSR count). The molecule has 4 nitrogen and oxygen atoms in total. The minimum atomic E-state index is 0.195. The molecule has 2 aromatic carbocycles. The predicted molar refractivity (Wildman–Crippen MR) is 105 cm³/mol. The fourth-order valence-corrected chi connectivity index (χ4v) is 3.94. The van der Waals surface area contributed by atoms with Crippen molar-refractivity contribution in [2.75, 3.05) is 18.0 Å². The van der Waals surface area contributed by atoms with Crippen molar-refractivity contribution in [2.24, 2.45) is 5.73 Å². The number of piperidine rings is 1. The van der Waals surface area contributed by atoms with Gasteiger partial charge in [-0.1, -0.05) is 41.4 Å². The number of nitrogens with zero attached hydrogens (tertiary/aromatic N) is 3. The summed E-state index contributed by atoms with van der Waals surface area (Å²) in [7, 11) is 0. The average molecular weight is 375 g/mol. The van der Waals surface area contributed by atoms with E-state index in [-0.39, 0.29) is 6.04 Å². The van der Waals surface area contributed by atoms with E-state index in [2.05, 4.69) is 15.5 Å². The Balaban J connectivity index is 1.79. The number of hydrogen-bond acceptors (Lipinski definition) is 3. The zero-order chi connectivity index (χ0) is 17.4. The third-order valence-electron chi connectivity index (χ3n) is 4.72. The molecule has 1 atom stereocenters. The molecule has 0 saturated carbocycles. The standard InChI is InChI=1S/C19H20Cl2N4/c20-14-8-7-13(16(21)10-14)11-25-18-6-2-1-5-17(18)23-19(25)24-9-3-4-15(22)12-24/h1-2,5-8,10,15H,3-4,9,11-12,22H2/t15-/m1/s1. The second-order valence-electron chi connectivity index (χ2n) is 6.57. The highest BCUT2D eigenvalue weighted by molar-refractivity contribution is 6.35. The van der Waals surface area contributed by atoms with Crippen LogP contribution in [0.3, 0.4) is 0 Å². The molecule has 0 radical (unpaired) electrons.